The third-order valence-electron chi connectivity index (χ3n) is 3.26. The molecule has 1 N–H and O–H groups in total. The number of aromatic nitrogens is 3. The van der Waals surface area contributed by atoms with Crippen molar-refractivity contribution in [1.29, 1.82) is 0 Å². The fraction of sp³-hybridized carbons (Fsp3) is 0.385. The van der Waals surface area contributed by atoms with E-state index in [4.69, 9.17) is 11.6 Å². The molecule has 2 aromatic rings. The molecule has 0 bridgehead atoms. The summed E-state index contributed by atoms with van der Waals surface area (Å²) >= 11 is 6.02. The van der Waals surface area contributed by atoms with Crippen LogP contribution in [-0.2, 0) is 6.54 Å². The summed E-state index contributed by atoms with van der Waals surface area (Å²) in [4.78, 5) is 21.2. The maximum atomic E-state index is 12.4. The van der Waals surface area contributed by atoms with Crippen molar-refractivity contribution < 1.29 is 4.79 Å². The molecule has 2 aromatic heterocycles. The third kappa shape index (κ3) is 2.51. The first kappa shape index (κ1) is 12.3. The second-order valence-electron chi connectivity index (χ2n) is 4.88. The Balaban J connectivity index is 1.79. The Kier molecular flexibility index (Phi) is 3.06. The number of aromatic amines is 1. The van der Waals surface area contributed by atoms with Crippen LogP contribution in [0.15, 0.2) is 24.7 Å². The highest BCUT2D eigenvalue weighted by Gasteiger charge is 2.28. The van der Waals surface area contributed by atoms with Gasteiger partial charge >= 0.3 is 0 Å². The van der Waals surface area contributed by atoms with Crippen molar-refractivity contribution in [3.05, 3.63) is 41.2 Å². The van der Waals surface area contributed by atoms with E-state index in [-0.39, 0.29) is 5.91 Å². The second kappa shape index (κ2) is 4.74. The van der Waals surface area contributed by atoms with Crippen LogP contribution < -0.4 is 0 Å². The van der Waals surface area contributed by atoms with Crippen LogP contribution in [0.5, 0.6) is 0 Å². The maximum Gasteiger partial charge on any atom is 0.270 e. The molecular weight excluding hydrogens is 264 g/mol. The molecule has 0 saturated heterocycles. The minimum atomic E-state index is -0.0322. The molecule has 3 rings (SSSR count). The molecule has 5 nitrogen and oxygen atoms in total. The van der Waals surface area contributed by atoms with Gasteiger partial charge in [-0.2, -0.15) is 0 Å². The number of carbonyl (C=O) groups excluding carboxylic acids is 1. The van der Waals surface area contributed by atoms with Gasteiger partial charge in [-0.15, -0.1) is 0 Å². The van der Waals surface area contributed by atoms with Gasteiger partial charge in [0.05, 0.1) is 11.6 Å². The SMILES string of the molecule is CN(Cc1ncc[nH]1)C(=O)c1cc(Cl)cn1C1CC1. The van der Waals surface area contributed by atoms with Crippen molar-refractivity contribution in [1.82, 2.24) is 19.4 Å². The molecule has 6 heteroatoms. The van der Waals surface area contributed by atoms with E-state index < -0.39 is 0 Å². The second-order valence-corrected chi connectivity index (χ2v) is 5.32. The Hall–Kier alpha value is -1.75. The van der Waals surface area contributed by atoms with E-state index in [0.29, 0.717) is 23.3 Å². The van der Waals surface area contributed by atoms with Crippen molar-refractivity contribution in [3.63, 3.8) is 0 Å². The normalized spacial score (nSPS) is 14.6. The zero-order valence-electron chi connectivity index (χ0n) is 10.6. The Labute approximate surface area is 116 Å². The Morgan fingerprint density at radius 1 is 1.63 bits per heavy atom. The van der Waals surface area contributed by atoms with E-state index >= 15 is 0 Å². The lowest BCUT2D eigenvalue weighted by Gasteiger charge is -2.17. The number of carbonyl (C=O) groups is 1. The molecule has 100 valence electrons. The number of amides is 1. The average molecular weight is 279 g/mol. The van der Waals surface area contributed by atoms with E-state index in [9.17, 15) is 4.79 Å². The molecule has 1 aliphatic carbocycles. The van der Waals surface area contributed by atoms with Crippen LogP contribution in [0.3, 0.4) is 0 Å². The van der Waals surface area contributed by atoms with Gasteiger partial charge < -0.3 is 14.5 Å². The predicted octanol–water partition coefficient (Wildman–Crippen LogP) is 2.47. The average Bonchev–Trinajstić information content (AvgIpc) is 2.97. The molecule has 0 aliphatic heterocycles. The molecule has 0 aromatic carbocycles. The maximum absolute atomic E-state index is 12.4. The van der Waals surface area contributed by atoms with Crippen LogP contribution in [0.2, 0.25) is 5.02 Å². The largest absolute Gasteiger partial charge is 0.347 e. The fourth-order valence-corrected chi connectivity index (χ4v) is 2.36. The monoisotopic (exact) mass is 278 g/mol. The van der Waals surface area contributed by atoms with Gasteiger partial charge in [0.2, 0.25) is 0 Å². The van der Waals surface area contributed by atoms with Crippen LogP contribution in [0, 0.1) is 0 Å². The summed E-state index contributed by atoms with van der Waals surface area (Å²) < 4.78 is 1.99. The quantitative estimate of drug-likeness (QED) is 0.934. The van der Waals surface area contributed by atoms with Crippen LogP contribution in [-0.4, -0.2) is 32.4 Å². The van der Waals surface area contributed by atoms with Crippen molar-refractivity contribution in [2.45, 2.75) is 25.4 Å². The first-order chi connectivity index (χ1) is 9.15. The number of nitrogens with one attached hydrogen (secondary N) is 1. The number of hydrogen-bond acceptors (Lipinski definition) is 2. The van der Waals surface area contributed by atoms with Crippen molar-refractivity contribution in [3.8, 4) is 0 Å². The van der Waals surface area contributed by atoms with Crippen LogP contribution in [0.1, 0.15) is 35.2 Å². The van der Waals surface area contributed by atoms with Crippen LogP contribution in [0.4, 0.5) is 0 Å². The number of hydrogen-bond donors (Lipinski definition) is 1. The van der Waals surface area contributed by atoms with Gasteiger partial charge in [0.15, 0.2) is 0 Å². The summed E-state index contributed by atoms with van der Waals surface area (Å²) in [5.74, 6) is 0.738. The van der Waals surface area contributed by atoms with E-state index in [1.54, 1.807) is 30.4 Å². The van der Waals surface area contributed by atoms with E-state index in [1.807, 2.05) is 10.8 Å². The Morgan fingerprint density at radius 2 is 2.42 bits per heavy atom. The lowest BCUT2D eigenvalue weighted by molar-refractivity contribution is 0.0771. The molecule has 0 atom stereocenters. The first-order valence-corrected chi connectivity index (χ1v) is 6.64. The minimum Gasteiger partial charge on any atom is -0.347 e. The van der Waals surface area contributed by atoms with Gasteiger partial charge in [-0.05, 0) is 18.9 Å². The van der Waals surface area contributed by atoms with Gasteiger partial charge in [-0.3, -0.25) is 4.79 Å². The molecule has 0 unspecified atom stereocenters. The van der Waals surface area contributed by atoms with Gasteiger partial charge in [0, 0.05) is 31.7 Å². The van der Waals surface area contributed by atoms with E-state index in [0.717, 1.165) is 18.7 Å². The van der Waals surface area contributed by atoms with Crippen molar-refractivity contribution in [2.75, 3.05) is 7.05 Å². The topological polar surface area (TPSA) is 53.9 Å². The van der Waals surface area contributed by atoms with Gasteiger partial charge in [-0.25, -0.2) is 4.98 Å². The standard InChI is InChI=1S/C13H15ClN4O/c1-17(8-12-15-4-5-16-12)13(19)11-6-9(14)7-18(11)10-2-3-10/h4-7,10H,2-3,8H2,1H3,(H,15,16). The molecule has 0 radical (unpaired) electrons. The third-order valence-corrected chi connectivity index (χ3v) is 3.47. The molecule has 1 saturated carbocycles. The fourth-order valence-electron chi connectivity index (χ4n) is 2.15. The summed E-state index contributed by atoms with van der Waals surface area (Å²) in [6.45, 7) is 0.458. The van der Waals surface area contributed by atoms with Gasteiger partial charge in [-0.1, -0.05) is 11.6 Å². The summed E-state index contributed by atoms with van der Waals surface area (Å²) in [6.07, 6.45) is 7.50. The van der Waals surface area contributed by atoms with Crippen molar-refractivity contribution >= 4 is 17.5 Å². The molecule has 0 spiro atoms. The Morgan fingerprint density at radius 3 is 3.05 bits per heavy atom. The zero-order chi connectivity index (χ0) is 13.4. The van der Waals surface area contributed by atoms with Gasteiger partial charge in [0.25, 0.3) is 5.91 Å². The summed E-state index contributed by atoms with van der Waals surface area (Å²) in [5, 5.41) is 0.613. The lowest BCUT2D eigenvalue weighted by Crippen LogP contribution is -2.28. The number of rotatable bonds is 4. The molecule has 1 fully saturated rings. The lowest BCUT2D eigenvalue weighted by atomic mass is 10.3. The highest BCUT2D eigenvalue weighted by Crippen LogP contribution is 2.37. The van der Waals surface area contributed by atoms with Crippen LogP contribution in [0.25, 0.3) is 0 Å². The number of nitrogens with zero attached hydrogens (tertiary/aromatic N) is 3. The molecular formula is C13H15ClN4O. The van der Waals surface area contributed by atoms with E-state index in [2.05, 4.69) is 9.97 Å². The Bertz CT molecular complexity index is 586. The number of halogens is 1. The molecule has 19 heavy (non-hydrogen) atoms. The van der Waals surface area contributed by atoms with E-state index in [1.165, 1.54) is 0 Å². The summed E-state index contributed by atoms with van der Waals surface area (Å²) in [7, 11) is 1.77. The molecule has 1 amide bonds. The molecule has 1 aliphatic rings. The summed E-state index contributed by atoms with van der Waals surface area (Å²) in [6, 6.07) is 2.17. The highest BCUT2D eigenvalue weighted by atomic mass is 35.5. The smallest absolute Gasteiger partial charge is 0.270 e. The predicted molar refractivity (Wildman–Crippen MR) is 72.1 cm³/mol. The zero-order valence-corrected chi connectivity index (χ0v) is 11.4. The number of H-pyrrole nitrogens is 1. The number of imidazole rings is 1. The summed E-state index contributed by atoms with van der Waals surface area (Å²) in [5.41, 5.74) is 0.654. The van der Waals surface area contributed by atoms with Crippen molar-refractivity contribution in [2.24, 2.45) is 0 Å². The van der Waals surface area contributed by atoms with Gasteiger partial charge in [0.1, 0.15) is 11.5 Å². The first-order valence-electron chi connectivity index (χ1n) is 6.26. The molecule has 2 heterocycles. The van der Waals surface area contributed by atoms with Crippen LogP contribution >= 0.6 is 11.6 Å². The minimum absolute atomic E-state index is 0.0322. The highest BCUT2D eigenvalue weighted by molar-refractivity contribution is 6.31.